The summed E-state index contributed by atoms with van der Waals surface area (Å²) in [6.07, 6.45) is 1.10. The molecule has 1 aliphatic heterocycles. The zero-order valence-electron chi connectivity index (χ0n) is 10.8. The van der Waals surface area contributed by atoms with Crippen LogP contribution < -0.4 is 5.32 Å². The molecular weight excluding hydrogens is 204 g/mol. The maximum absolute atomic E-state index is 11.9. The van der Waals surface area contributed by atoms with Gasteiger partial charge in [-0.15, -0.1) is 0 Å². The molecule has 0 saturated carbocycles. The van der Waals surface area contributed by atoms with Gasteiger partial charge < -0.3 is 9.64 Å². The van der Waals surface area contributed by atoms with Gasteiger partial charge in [0.2, 0.25) is 5.91 Å². The molecule has 16 heavy (non-hydrogen) atoms. The molecule has 1 saturated heterocycles. The van der Waals surface area contributed by atoms with Crippen molar-refractivity contribution < 1.29 is 9.53 Å². The number of amides is 1. The maximum Gasteiger partial charge on any atom is 0.240 e. The lowest BCUT2D eigenvalue weighted by molar-refractivity contribution is -0.130. The van der Waals surface area contributed by atoms with Crippen LogP contribution in [0.15, 0.2) is 0 Å². The van der Waals surface area contributed by atoms with Gasteiger partial charge in [0.15, 0.2) is 0 Å². The first-order valence-corrected chi connectivity index (χ1v) is 6.22. The summed E-state index contributed by atoms with van der Waals surface area (Å²) >= 11 is 0. The van der Waals surface area contributed by atoms with E-state index in [4.69, 9.17) is 4.74 Å². The summed E-state index contributed by atoms with van der Waals surface area (Å²) in [6.45, 7) is 10.5. The largest absolute Gasteiger partial charge is 0.382 e. The molecule has 0 aromatic heterocycles. The highest BCUT2D eigenvalue weighted by atomic mass is 16.5. The minimum absolute atomic E-state index is 0.0421. The second-order valence-corrected chi connectivity index (χ2v) is 4.66. The lowest BCUT2D eigenvalue weighted by Crippen LogP contribution is -2.42. The number of ether oxygens (including phenoxy) is 1. The van der Waals surface area contributed by atoms with E-state index >= 15 is 0 Å². The Labute approximate surface area is 98.3 Å². The second-order valence-electron chi connectivity index (χ2n) is 4.66. The number of carbonyl (C=O) groups excluding carboxylic acids is 1. The Morgan fingerprint density at radius 2 is 2.19 bits per heavy atom. The van der Waals surface area contributed by atoms with Crippen LogP contribution >= 0.6 is 0 Å². The van der Waals surface area contributed by atoms with Gasteiger partial charge in [0.1, 0.15) is 0 Å². The van der Waals surface area contributed by atoms with E-state index in [1.807, 2.05) is 18.7 Å². The second kappa shape index (κ2) is 6.21. The maximum atomic E-state index is 11.9. The summed E-state index contributed by atoms with van der Waals surface area (Å²) in [6, 6.07) is -0.0421. The highest BCUT2D eigenvalue weighted by molar-refractivity contribution is 5.83. The fourth-order valence-electron chi connectivity index (χ4n) is 2.09. The van der Waals surface area contributed by atoms with Crippen LogP contribution in [0.3, 0.4) is 0 Å². The van der Waals surface area contributed by atoms with Gasteiger partial charge in [0, 0.05) is 19.8 Å². The van der Waals surface area contributed by atoms with Crippen molar-refractivity contribution in [3.8, 4) is 0 Å². The Kier molecular flexibility index (Phi) is 5.22. The summed E-state index contributed by atoms with van der Waals surface area (Å²) < 4.78 is 5.29. The van der Waals surface area contributed by atoms with Crippen LogP contribution in [0.4, 0.5) is 0 Å². The Bertz CT molecular complexity index is 231. The monoisotopic (exact) mass is 228 g/mol. The SMILES string of the molecule is CCOCCCN1C(=O)C(C)NC1C(C)C. The number of hydrogen-bond donors (Lipinski definition) is 1. The van der Waals surface area contributed by atoms with E-state index in [1.165, 1.54) is 0 Å². The summed E-state index contributed by atoms with van der Waals surface area (Å²) in [5.74, 6) is 0.663. The van der Waals surface area contributed by atoms with Gasteiger partial charge >= 0.3 is 0 Å². The predicted molar refractivity (Wildman–Crippen MR) is 64.0 cm³/mol. The number of nitrogens with one attached hydrogen (secondary N) is 1. The van der Waals surface area contributed by atoms with Crippen molar-refractivity contribution >= 4 is 5.91 Å². The van der Waals surface area contributed by atoms with Crippen molar-refractivity contribution in [3.05, 3.63) is 0 Å². The van der Waals surface area contributed by atoms with Gasteiger partial charge in [-0.05, 0) is 26.2 Å². The zero-order chi connectivity index (χ0) is 12.1. The normalized spacial score (nSPS) is 25.8. The molecule has 1 N–H and O–H groups in total. The van der Waals surface area contributed by atoms with Crippen LogP contribution in [-0.2, 0) is 9.53 Å². The summed E-state index contributed by atoms with van der Waals surface area (Å²) in [5.41, 5.74) is 0. The van der Waals surface area contributed by atoms with E-state index < -0.39 is 0 Å². The van der Waals surface area contributed by atoms with E-state index in [0.717, 1.165) is 26.2 Å². The number of carbonyl (C=O) groups is 1. The summed E-state index contributed by atoms with van der Waals surface area (Å²) in [7, 11) is 0. The van der Waals surface area contributed by atoms with Crippen LogP contribution in [-0.4, -0.2) is 42.8 Å². The lowest BCUT2D eigenvalue weighted by Gasteiger charge is -2.27. The van der Waals surface area contributed by atoms with E-state index in [-0.39, 0.29) is 18.1 Å². The molecule has 1 fully saturated rings. The van der Waals surface area contributed by atoms with E-state index in [0.29, 0.717) is 5.92 Å². The van der Waals surface area contributed by atoms with Crippen LogP contribution in [0, 0.1) is 5.92 Å². The van der Waals surface area contributed by atoms with Gasteiger partial charge in [-0.2, -0.15) is 0 Å². The van der Waals surface area contributed by atoms with Crippen LogP contribution in [0.25, 0.3) is 0 Å². The van der Waals surface area contributed by atoms with Crippen molar-refractivity contribution in [2.75, 3.05) is 19.8 Å². The number of rotatable bonds is 6. The average Bonchev–Trinajstić information content (AvgIpc) is 2.52. The van der Waals surface area contributed by atoms with Crippen LogP contribution in [0.5, 0.6) is 0 Å². The standard InChI is InChI=1S/C12H24N2O2/c1-5-16-8-6-7-14-11(9(2)3)13-10(4)12(14)15/h9-11,13H,5-8H2,1-4H3. The lowest BCUT2D eigenvalue weighted by atomic mass is 10.1. The van der Waals surface area contributed by atoms with Crippen molar-refractivity contribution in [1.82, 2.24) is 10.2 Å². The van der Waals surface area contributed by atoms with Crippen LogP contribution in [0.1, 0.15) is 34.1 Å². The molecule has 4 nitrogen and oxygen atoms in total. The van der Waals surface area contributed by atoms with Gasteiger partial charge in [0.05, 0.1) is 12.2 Å². The van der Waals surface area contributed by atoms with E-state index in [2.05, 4.69) is 19.2 Å². The molecule has 1 rings (SSSR count). The molecular formula is C12H24N2O2. The van der Waals surface area contributed by atoms with E-state index in [1.54, 1.807) is 0 Å². The van der Waals surface area contributed by atoms with Gasteiger partial charge in [-0.25, -0.2) is 0 Å². The number of nitrogens with zero attached hydrogens (tertiary/aromatic N) is 1. The summed E-state index contributed by atoms with van der Waals surface area (Å²) in [5, 5.41) is 3.33. The molecule has 0 aromatic carbocycles. The molecule has 0 bridgehead atoms. The first-order chi connectivity index (χ1) is 7.57. The zero-order valence-corrected chi connectivity index (χ0v) is 10.8. The fourth-order valence-corrected chi connectivity index (χ4v) is 2.09. The third kappa shape index (κ3) is 3.19. The molecule has 1 aliphatic rings. The molecule has 0 aliphatic carbocycles. The van der Waals surface area contributed by atoms with Crippen molar-refractivity contribution in [2.24, 2.45) is 5.92 Å². The molecule has 2 unspecified atom stereocenters. The first kappa shape index (κ1) is 13.5. The Hall–Kier alpha value is -0.610. The molecule has 0 aromatic rings. The van der Waals surface area contributed by atoms with Gasteiger partial charge in [0.25, 0.3) is 0 Å². The predicted octanol–water partition coefficient (Wildman–Crippen LogP) is 1.22. The van der Waals surface area contributed by atoms with Crippen LogP contribution in [0.2, 0.25) is 0 Å². The van der Waals surface area contributed by atoms with Crippen molar-refractivity contribution in [2.45, 2.75) is 46.3 Å². The quantitative estimate of drug-likeness (QED) is 0.695. The third-order valence-electron chi connectivity index (χ3n) is 2.93. The highest BCUT2D eigenvalue weighted by Gasteiger charge is 2.36. The molecule has 2 atom stereocenters. The molecule has 0 spiro atoms. The Morgan fingerprint density at radius 3 is 2.75 bits per heavy atom. The summed E-state index contributed by atoms with van der Waals surface area (Å²) in [4.78, 5) is 13.9. The van der Waals surface area contributed by atoms with Crippen molar-refractivity contribution in [3.63, 3.8) is 0 Å². The molecule has 4 heteroatoms. The first-order valence-electron chi connectivity index (χ1n) is 6.22. The minimum Gasteiger partial charge on any atom is -0.382 e. The Balaban J connectivity index is 2.44. The van der Waals surface area contributed by atoms with E-state index in [9.17, 15) is 4.79 Å². The highest BCUT2D eigenvalue weighted by Crippen LogP contribution is 2.17. The molecule has 94 valence electrons. The molecule has 0 radical (unpaired) electrons. The van der Waals surface area contributed by atoms with Crippen molar-refractivity contribution in [1.29, 1.82) is 0 Å². The molecule has 1 heterocycles. The van der Waals surface area contributed by atoms with Gasteiger partial charge in [-0.3, -0.25) is 10.1 Å². The average molecular weight is 228 g/mol. The van der Waals surface area contributed by atoms with Gasteiger partial charge in [-0.1, -0.05) is 13.8 Å². The Morgan fingerprint density at radius 1 is 1.50 bits per heavy atom. The third-order valence-corrected chi connectivity index (χ3v) is 2.93. The minimum atomic E-state index is -0.0421. The topological polar surface area (TPSA) is 41.6 Å². The smallest absolute Gasteiger partial charge is 0.240 e. The number of hydrogen-bond acceptors (Lipinski definition) is 3. The molecule has 1 amide bonds. The fraction of sp³-hybridized carbons (Fsp3) is 0.917.